The summed E-state index contributed by atoms with van der Waals surface area (Å²) in [4.78, 5) is 4.91. The van der Waals surface area contributed by atoms with Crippen molar-refractivity contribution in [2.45, 2.75) is 44.9 Å². The van der Waals surface area contributed by atoms with Gasteiger partial charge in [0, 0.05) is 21.2 Å². The average Bonchev–Trinajstić information content (AvgIpc) is 3.11. The molecule has 6 rings (SSSR count). The van der Waals surface area contributed by atoms with Gasteiger partial charge in [-0.1, -0.05) is 141 Å². The normalized spacial score (nSPS) is 17.8. The van der Waals surface area contributed by atoms with Crippen LogP contribution in [0, 0.1) is 11.8 Å². The van der Waals surface area contributed by atoms with Gasteiger partial charge in [-0.2, -0.15) is 0 Å². The third-order valence-electron chi connectivity index (χ3n) is 10.1. The molecular weight excluding hydrogens is 590 g/mol. The fraction of sp³-hybridized carbons (Fsp3) is 0.385. The van der Waals surface area contributed by atoms with Gasteiger partial charge in [-0.15, -0.1) is 0 Å². The first-order chi connectivity index (χ1) is 22.0. The largest absolute Gasteiger partial charge is 0.312 e. The van der Waals surface area contributed by atoms with Gasteiger partial charge in [0.15, 0.2) is 14.3 Å². The smallest absolute Gasteiger partial charge is 0.156 e. The summed E-state index contributed by atoms with van der Waals surface area (Å²) in [5.74, 6) is 1.55. The number of likely N-dealkylation sites (tertiary alicyclic amines) is 2. The molecule has 2 fully saturated rings. The average molecular weight is 639 g/mol. The van der Waals surface area contributed by atoms with Gasteiger partial charge in [-0.05, 0) is 63.7 Å². The van der Waals surface area contributed by atoms with Crippen LogP contribution in [0.5, 0.6) is 0 Å². The van der Waals surface area contributed by atoms with Crippen LogP contribution in [0.25, 0.3) is 0 Å². The zero-order chi connectivity index (χ0) is 31.0. The van der Waals surface area contributed by atoms with Gasteiger partial charge in [0.1, 0.15) is 0 Å². The van der Waals surface area contributed by atoms with Crippen LogP contribution in [0.4, 0.5) is 0 Å². The highest BCUT2D eigenvalue weighted by molar-refractivity contribution is 7.79. The monoisotopic (exact) mass is 638 g/mol. The predicted octanol–water partition coefficient (Wildman–Crippen LogP) is 7.52. The van der Waals surface area contributed by atoms with E-state index >= 15 is 0 Å². The van der Waals surface area contributed by atoms with Crippen LogP contribution in [0.15, 0.2) is 121 Å². The molecule has 4 nitrogen and oxygen atoms in total. The van der Waals surface area contributed by atoms with Gasteiger partial charge < -0.3 is 9.13 Å². The van der Waals surface area contributed by atoms with E-state index in [1.807, 2.05) is 121 Å². The highest BCUT2D eigenvalue weighted by atomic mass is 31.2. The molecule has 2 aliphatic heterocycles. The summed E-state index contributed by atoms with van der Waals surface area (Å²) in [7, 11) is -5.40. The van der Waals surface area contributed by atoms with Crippen molar-refractivity contribution in [3.05, 3.63) is 121 Å². The number of hydrogen-bond donors (Lipinski definition) is 0. The summed E-state index contributed by atoms with van der Waals surface area (Å²) in [5.41, 5.74) is 0. The van der Waals surface area contributed by atoms with E-state index in [4.69, 9.17) is 0 Å². The molecule has 0 aliphatic carbocycles. The third-order valence-corrected chi connectivity index (χ3v) is 16.3. The van der Waals surface area contributed by atoms with E-state index in [1.54, 1.807) is 0 Å². The second-order valence-corrected chi connectivity index (χ2v) is 18.7. The number of nitrogens with zero attached hydrogens (tertiary/aromatic N) is 2. The molecule has 0 atom stereocenters. The quantitative estimate of drug-likeness (QED) is 0.151. The zero-order valence-corrected chi connectivity index (χ0v) is 28.3. The van der Waals surface area contributed by atoms with Crippen LogP contribution in [0.2, 0.25) is 0 Å². The topological polar surface area (TPSA) is 40.6 Å². The maximum atomic E-state index is 14.5. The maximum absolute atomic E-state index is 14.5. The highest BCUT2D eigenvalue weighted by Gasteiger charge is 2.33. The molecule has 0 bridgehead atoms. The molecule has 0 radical (unpaired) electrons. The lowest BCUT2D eigenvalue weighted by Crippen LogP contribution is -2.37. The minimum absolute atomic E-state index is 0.633. The minimum atomic E-state index is -2.70. The zero-order valence-electron chi connectivity index (χ0n) is 26.5. The molecule has 0 N–H and O–H groups in total. The van der Waals surface area contributed by atoms with Crippen LogP contribution < -0.4 is 21.2 Å². The van der Waals surface area contributed by atoms with Crippen LogP contribution >= 0.6 is 14.3 Å². The molecule has 45 heavy (non-hydrogen) atoms. The number of benzene rings is 4. The Hall–Kier alpha value is -2.74. The van der Waals surface area contributed by atoms with E-state index in [0.717, 1.165) is 59.2 Å². The van der Waals surface area contributed by atoms with E-state index in [0.29, 0.717) is 12.6 Å². The van der Waals surface area contributed by atoms with E-state index in [1.165, 1.54) is 44.9 Å². The fourth-order valence-corrected chi connectivity index (χ4v) is 12.9. The Morgan fingerprint density at radius 1 is 0.444 bits per heavy atom. The SMILES string of the molecule is O=P(CN1CCC(CCCC2CCN(CP(=O)(c3ccccc3)c3ccccc3)CC2)CC1)(c1ccccc1)c1ccccc1. The molecule has 0 unspecified atom stereocenters. The lowest BCUT2D eigenvalue weighted by Gasteiger charge is -2.36. The van der Waals surface area contributed by atoms with Crippen molar-refractivity contribution in [3.63, 3.8) is 0 Å². The Morgan fingerprint density at radius 3 is 0.978 bits per heavy atom. The number of piperidine rings is 2. The van der Waals surface area contributed by atoms with Gasteiger partial charge in [0.25, 0.3) is 0 Å². The molecule has 236 valence electrons. The fourth-order valence-electron chi connectivity index (χ4n) is 7.39. The van der Waals surface area contributed by atoms with E-state index in [9.17, 15) is 9.13 Å². The van der Waals surface area contributed by atoms with Gasteiger partial charge in [-0.25, -0.2) is 0 Å². The van der Waals surface area contributed by atoms with Crippen molar-refractivity contribution in [2.75, 3.05) is 38.8 Å². The molecule has 0 amide bonds. The van der Waals surface area contributed by atoms with Crippen molar-refractivity contribution in [1.82, 2.24) is 9.80 Å². The first kappa shape index (κ1) is 32.2. The van der Waals surface area contributed by atoms with Crippen molar-refractivity contribution < 1.29 is 9.13 Å². The molecule has 4 aromatic carbocycles. The van der Waals surface area contributed by atoms with E-state index in [2.05, 4.69) is 9.80 Å². The van der Waals surface area contributed by atoms with E-state index < -0.39 is 14.3 Å². The second-order valence-electron chi connectivity index (χ2n) is 13.2. The Balaban J connectivity index is 0.954. The van der Waals surface area contributed by atoms with Crippen LogP contribution in [0.3, 0.4) is 0 Å². The summed E-state index contributed by atoms with van der Waals surface area (Å²) in [6, 6.07) is 40.4. The van der Waals surface area contributed by atoms with Crippen molar-refractivity contribution in [1.29, 1.82) is 0 Å². The standard InChI is InChI=1S/C39H48N2O2P2/c42-44(36-16-5-1-6-17-36,37-18-7-2-8-19-37)32-40-28-24-34(25-29-40)14-13-15-35-26-30-41(31-27-35)33-45(43,38-20-9-3-10-21-38)39-22-11-4-12-23-39/h1-12,16-23,34-35H,13-15,24-33H2. The van der Waals surface area contributed by atoms with Crippen LogP contribution in [-0.2, 0) is 9.13 Å². The number of hydrogen-bond acceptors (Lipinski definition) is 4. The Morgan fingerprint density at radius 2 is 0.711 bits per heavy atom. The van der Waals surface area contributed by atoms with Crippen molar-refractivity contribution >= 4 is 35.5 Å². The Labute approximate surface area is 270 Å². The highest BCUT2D eigenvalue weighted by Crippen LogP contribution is 2.46. The molecule has 0 spiro atoms. The van der Waals surface area contributed by atoms with Gasteiger partial charge >= 0.3 is 0 Å². The Kier molecular flexibility index (Phi) is 10.9. The molecule has 4 aromatic rings. The van der Waals surface area contributed by atoms with Crippen LogP contribution in [0.1, 0.15) is 44.9 Å². The summed E-state index contributed by atoms with van der Waals surface area (Å²) < 4.78 is 29.0. The van der Waals surface area contributed by atoms with Gasteiger partial charge in [-0.3, -0.25) is 9.80 Å². The van der Waals surface area contributed by atoms with Gasteiger partial charge in [0.2, 0.25) is 0 Å². The molecule has 0 saturated carbocycles. The number of rotatable bonds is 12. The lowest BCUT2D eigenvalue weighted by atomic mass is 9.87. The van der Waals surface area contributed by atoms with Crippen LogP contribution in [-0.4, -0.2) is 48.6 Å². The third kappa shape index (κ3) is 7.98. The molecule has 6 heteroatoms. The Bertz CT molecular complexity index is 1340. The lowest BCUT2D eigenvalue weighted by molar-refractivity contribution is 0.182. The first-order valence-electron chi connectivity index (χ1n) is 16.9. The van der Waals surface area contributed by atoms with Gasteiger partial charge in [0.05, 0.1) is 12.6 Å². The predicted molar refractivity (Wildman–Crippen MR) is 192 cm³/mol. The molecule has 2 heterocycles. The minimum Gasteiger partial charge on any atom is -0.312 e. The maximum Gasteiger partial charge on any atom is 0.156 e. The van der Waals surface area contributed by atoms with Crippen molar-refractivity contribution in [3.8, 4) is 0 Å². The molecule has 2 saturated heterocycles. The molecule has 0 aromatic heterocycles. The molecular formula is C39H48N2O2P2. The summed E-state index contributed by atoms with van der Waals surface area (Å²) in [6.07, 6.45) is 10.00. The second kappa shape index (κ2) is 15.2. The summed E-state index contributed by atoms with van der Waals surface area (Å²) in [6.45, 7) is 4.15. The first-order valence-corrected chi connectivity index (χ1v) is 20.7. The summed E-state index contributed by atoms with van der Waals surface area (Å²) in [5, 5.41) is 3.86. The van der Waals surface area contributed by atoms with E-state index in [-0.39, 0.29) is 0 Å². The van der Waals surface area contributed by atoms with Crippen molar-refractivity contribution in [2.24, 2.45) is 11.8 Å². The summed E-state index contributed by atoms with van der Waals surface area (Å²) >= 11 is 0. The molecule has 2 aliphatic rings.